The second kappa shape index (κ2) is 9.16. The molecule has 0 amide bonds. The van der Waals surface area contributed by atoms with Gasteiger partial charge in [0.05, 0.1) is 0 Å². The minimum atomic E-state index is -2.54. The van der Waals surface area contributed by atoms with Gasteiger partial charge in [-0.2, -0.15) is 0 Å². The molecule has 0 N–H and O–H groups in total. The van der Waals surface area contributed by atoms with Gasteiger partial charge in [0.2, 0.25) is 0 Å². The molecule has 100 valence electrons. The zero-order valence-corrected chi connectivity index (χ0v) is 18.2. The fourth-order valence-electron chi connectivity index (χ4n) is 1.67. The first-order valence-corrected chi connectivity index (χ1v) is 21.0. The molecule has 1 atom stereocenters. The van der Waals surface area contributed by atoms with Gasteiger partial charge < -0.3 is 0 Å². The van der Waals surface area contributed by atoms with Crippen LogP contribution < -0.4 is 0 Å². The minimum absolute atomic E-state index is 0.0633. The van der Waals surface area contributed by atoms with Crippen molar-refractivity contribution in [1.82, 2.24) is 0 Å². The van der Waals surface area contributed by atoms with Crippen molar-refractivity contribution in [1.29, 1.82) is 0 Å². The molecule has 7 heteroatoms. The van der Waals surface area contributed by atoms with Crippen LogP contribution in [-0.4, -0.2) is 34.2 Å². The summed E-state index contributed by atoms with van der Waals surface area (Å²) in [6.45, 7) is 1.95. The molecule has 1 aromatic carbocycles. The maximum absolute atomic E-state index is 12.4. The number of benzene rings is 1. The van der Waals surface area contributed by atoms with E-state index in [1.807, 2.05) is 31.2 Å². The van der Waals surface area contributed by atoms with Crippen LogP contribution in [-0.2, 0) is 0 Å². The summed E-state index contributed by atoms with van der Waals surface area (Å²) in [5.74, 6) is -0.179. The molecule has 19 heavy (non-hydrogen) atoms. The van der Waals surface area contributed by atoms with Gasteiger partial charge in [0.1, 0.15) is 0 Å². The van der Waals surface area contributed by atoms with E-state index in [9.17, 15) is 4.79 Å². The average Bonchev–Trinajstić information content (AvgIpc) is 2.39. The molecule has 0 saturated carbocycles. The van der Waals surface area contributed by atoms with Gasteiger partial charge in [-0.3, -0.25) is 0 Å². The van der Waals surface area contributed by atoms with Crippen molar-refractivity contribution in [2.24, 2.45) is 5.92 Å². The van der Waals surface area contributed by atoms with E-state index >= 15 is 0 Å². The summed E-state index contributed by atoms with van der Waals surface area (Å²) in [5.41, 5.74) is 0.686. The van der Waals surface area contributed by atoms with Crippen LogP contribution in [0, 0.1) is 5.92 Å². The number of halogens is 4. The number of carbonyl (C=O) groups excluding carboxylic acids is 1. The molecule has 0 fully saturated rings. The summed E-state index contributed by atoms with van der Waals surface area (Å²) in [5, 5.41) is 0. The van der Waals surface area contributed by atoms with Crippen molar-refractivity contribution in [2.75, 3.05) is 0 Å². The third kappa shape index (κ3) is 5.75. The molecule has 1 rings (SSSR count). The molecular formula is C12H12Cl4Ga2O. The Kier molecular flexibility index (Phi) is 8.73. The number of ketones is 1. The zero-order chi connectivity index (χ0) is 14.4. The van der Waals surface area contributed by atoms with Gasteiger partial charge >= 0.3 is 141 Å². The van der Waals surface area contributed by atoms with Gasteiger partial charge in [-0.15, -0.1) is 0 Å². The van der Waals surface area contributed by atoms with E-state index in [2.05, 4.69) is 0 Å². The van der Waals surface area contributed by atoms with E-state index in [1.54, 1.807) is 12.1 Å². The SMILES string of the molecule is CCC(C=[C]([Ga]([Cl])[Cl])[Ga]([Cl])[Cl])C(=O)c1ccccc1. The summed E-state index contributed by atoms with van der Waals surface area (Å²) >= 11 is -5.09. The Morgan fingerprint density at radius 1 is 1.16 bits per heavy atom. The van der Waals surface area contributed by atoms with Gasteiger partial charge in [0.15, 0.2) is 0 Å². The number of carbonyl (C=O) groups is 1. The quantitative estimate of drug-likeness (QED) is 0.445. The van der Waals surface area contributed by atoms with Gasteiger partial charge in [0.25, 0.3) is 0 Å². The fraction of sp³-hybridized carbons (Fsp3) is 0.250. The molecule has 0 heterocycles. The van der Waals surface area contributed by atoms with Crippen LogP contribution >= 0.6 is 38.6 Å². The van der Waals surface area contributed by atoms with Gasteiger partial charge in [-0.25, -0.2) is 0 Å². The van der Waals surface area contributed by atoms with Crippen LogP contribution in [0.5, 0.6) is 0 Å². The molecule has 0 aliphatic carbocycles. The Bertz CT molecular complexity index is 438. The Morgan fingerprint density at radius 2 is 1.68 bits per heavy atom. The normalized spacial score (nSPS) is 11.6. The van der Waals surface area contributed by atoms with Crippen molar-refractivity contribution < 1.29 is 4.79 Å². The van der Waals surface area contributed by atoms with E-state index in [0.717, 1.165) is 2.68 Å². The van der Waals surface area contributed by atoms with Crippen molar-refractivity contribution in [3.05, 3.63) is 44.7 Å². The number of rotatable bonds is 6. The summed E-state index contributed by atoms with van der Waals surface area (Å²) in [4.78, 5) is 12.4. The van der Waals surface area contributed by atoms with Gasteiger partial charge in [-0.05, 0) is 0 Å². The summed E-state index contributed by atoms with van der Waals surface area (Å²) in [6.07, 6.45) is 2.52. The van der Waals surface area contributed by atoms with E-state index in [4.69, 9.17) is 38.6 Å². The van der Waals surface area contributed by atoms with Crippen LogP contribution in [0.25, 0.3) is 0 Å². The Labute approximate surface area is 140 Å². The van der Waals surface area contributed by atoms with Crippen LogP contribution in [0.15, 0.2) is 39.1 Å². The predicted molar refractivity (Wildman–Crippen MR) is 87.6 cm³/mol. The fourth-order valence-corrected chi connectivity index (χ4v) is 27.8. The first kappa shape index (κ1) is 18.1. The number of Topliss-reactive ketones (excluding diaryl/α,β-unsaturated/α-hetero) is 1. The van der Waals surface area contributed by atoms with Gasteiger partial charge in [0, 0.05) is 0 Å². The number of allylic oxidation sites excluding steroid dienone is 1. The molecule has 0 radical (unpaired) electrons. The molecule has 1 nitrogen and oxygen atoms in total. The monoisotopic (exact) mass is 450 g/mol. The summed E-state index contributed by atoms with van der Waals surface area (Å²) in [6, 6.07) is 9.18. The van der Waals surface area contributed by atoms with E-state index < -0.39 is 28.4 Å². The van der Waals surface area contributed by atoms with E-state index in [1.165, 1.54) is 0 Å². The van der Waals surface area contributed by atoms with Crippen LogP contribution in [0.4, 0.5) is 0 Å². The Morgan fingerprint density at radius 3 is 2.11 bits per heavy atom. The molecule has 0 aliphatic rings. The first-order chi connectivity index (χ1) is 8.97. The zero-order valence-electron chi connectivity index (χ0n) is 10.3. The van der Waals surface area contributed by atoms with Crippen molar-refractivity contribution in [3.63, 3.8) is 0 Å². The molecule has 1 aromatic rings. The predicted octanol–water partition coefficient (Wildman–Crippen LogP) is 4.83. The standard InChI is InChI=1S/C12H12O.4ClH.2Ga/c1-3-10(4-2)12(13)11-8-6-5-7-9-11;;;;;;/h4-10H,3H2,1H3;4*1H;;/q;;;;;2*+2/p-4. The topological polar surface area (TPSA) is 17.1 Å². The Balaban J connectivity index is 3.01. The average molecular weight is 453 g/mol. The summed E-state index contributed by atoms with van der Waals surface area (Å²) < 4.78 is 0.822. The molecular weight excluding hydrogens is 441 g/mol. The molecule has 0 saturated heterocycles. The Hall–Kier alpha value is 1.06. The second-order valence-electron chi connectivity index (χ2n) is 4.01. The molecule has 0 aliphatic heterocycles. The van der Waals surface area contributed by atoms with Crippen molar-refractivity contribution in [2.45, 2.75) is 13.3 Å². The van der Waals surface area contributed by atoms with E-state index in [0.29, 0.717) is 12.0 Å². The number of hydrogen-bond acceptors (Lipinski definition) is 1. The molecule has 0 aromatic heterocycles. The maximum atomic E-state index is 12.4. The molecule has 0 spiro atoms. The molecule has 0 bridgehead atoms. The van der Waals surface area contributed by atoms with Crippen LogP contribution in [0.1, 0.15) is 23.7 Å². The van der Waals surface area contributed by atoms with Crippen LogP contribution in [0.2, 0.25) is 0 Å². The summed E-state index contributed by atoms with van der Waals surface area (Å²) in [7, 11) is 24.2. The molecule has 1 unspecified atom stereocenters. The van der Waals surface area contributed by atoms with Crippen LogP contribution in [0.3, 0.4) is 0 Å². The second-order valence-corrected chi connectivity index (χ2v) is 23.7. The van der Waals surface area contributed by atoms with Crippen molar-refractivity contribution >= 4 is 72.8 Å². The first-order valence-electron chi connectivity index (χ1n) is 5.84. The van der Waals surface area contributed by atoms with E-state index in [-0.39, 0.29) is 11.7 Å². The number of hydrogen-bond donors (Lipinski definition) is 0. The van der Waals surface area contributed by atoms with Gasteiger partial charge in [-0.1, -0.05) is 0 Å². The van der Waals surface area contributed by atoms with Crippen molar-refractivity contribution in [3.8, 4) is 0 Å². The third-order valence-electron chi connectivity index (χ3n) is 2.73. The third-order valence-corrected chi connectivity index (χ3v) is 27.4.